The van der Waals surface area contributed by atoms with E-state index in [0.29, 0.717) is 36.0 Å². The summed E-state index contributed by atoms with van der Waals surface area (Å²) in [5, 5.41) is 5.47. The molecule has 2 amide bonds. The maximum atomic E-state index is 12.5. The molecule has 6 nitrogen and oxygen atoms in total. The van der Waals surface area contributed by atoms with Crippen molar-refractivity contribution in [1.29, 1.82) is 0 Å². The van der Waals surface area contributed by atoms with Gasteiger partial charge in [0.25, 0.3) is 11.8 Å². The molecule has 0 saturated carbocycles. The van der Waals surface area contributed by atoms with Gasteiger partial charge in [-0.2, -0.15) is 0 Å². The van der Waals surface area contributed by atoms with Crippen molar-refractivity contribution < 1.29 is 14.3 Å². The highest BCUT2D eigenvalue weighted by Gasteiger charge is 2.18. The van der Waals surface area contributed by atoms with Crippen molar-refractivity contribution in [2.75, 3.05) is 18.4 Å². The van der Waals surface area contributed by atoms with Crippen LogP contribution in [0.2, 0.25) is 0 Å². The number of halogens is 1. The molecule has 152 valence electrons. The molecule has 0 radical (unpaired) electrons. The van der Waals surface area contributed by atoms with E-state index in [1.165, 1.54) is 0 Å². The van der Waals surface area contributed by atoms with Gasteiger partial charge in [0.15, 0.2) is 6.10 Å². The normalized spacial score (nSPS) is 11.3. The van der Waals surface area contributed by atoms with Crippen molar-refractivity contribution >= 4 is 29.9 Å². The number of carbonyl (C=O) groups is 2. The van der Waals surface area contributed by atoms with E-state index in [1.807, 2.05) is 24.3 Å². The average Bonchev–Trinajstić information content (AvgIpc) is 2.66. The van der Waals surface area contributed by atoms with Crippen molar-refractivity contribution in [1.82, 2.24) is 5.32 Å². The first kappa shape index (κ1) is 23.5. The maximum Gasteiger partial charge on any atom is 0.265 e. The zero-order valence-corrected chi connectivity index (χ0v) is 17.2. The Hall–Kier alpha value is -2.57. The van der Waals surface area contributed by atoms with Gasteiger partial charge in [-0.05, 0) is 42.7 Å². The number of benzene rings is 2. The Morgan fingerprint density at radius 1 is 1.07 bits per heavy atom. The molecule has 0 aliphatic carbocycles. The molecule has 1 atom stereocenters. The van der Waals surface area contributed by atoms with E-state index < -0.39 is 6.10 Å². The zero-order chi connectivity index (χ0) is 19.8. The van der Waals surface area contributed by atoms with Gasteiger partial charge in [0.1, 0.15) is 5.75 Å². The Bertz CT molecular complexity index is 796. The topological polar surface area (TPSA) is 93.4 Å². The first-order chi connectivity index (χ1) is 12.9. The summed E-state index contributed by atoms with van der Waals surface area (Å²) in [5.74, 6) is 0.396. The summed E-state index contributed by atoms with van der Waals surface area (Å²) in [6.07, 6.45) is -0.715. The predicted octanol–water partition coefficient (Wildman–Crippen LogP) is 3.33. The van der Waals surface area contributed by atoms with Crippen LogP contribution < -0.4 is 21.1 Å². The Labute approximate surface area is 172 Å². The highest BCUT2D eigenvalue weighted by molar-refractivity contribution is 6.04. The quantitative estimate of drug-likeness (QED) is 0.628. The molecule has 1 unspecified atom stereocenters. The van der Waals surface area contributed by atoms with Crippen LogP contribution in [0.4, 0.5) is 5.69 Å². The van der Waals surface area contributed by atoms with Crippen LogP contribution in [0.15, 0.2) is 48.5 Å². The van der Waals surface area contributed by atoms with Gasteiger partial charge in [-0.3, -0.25) is 9.59 Å². The van der Waals surface area contributed by atoms with Crippen LogP contribution in [-0.4, -0.2) is 31.0 Å². The average molecular weight is 406 g/mol. The highest BCUT2D eigenvalue weighted by atomic mass is 35.5. The third-order valence-corrected chi connectivity index (χ3v) is 4.07. The molecule has 0 saturated heterocycles. The molecule has 2 rings (SSSR count). The van der Waals surface area contributed by atoms with E-state index >= 15 is 0 Å². The van der Waals surface area contributed by atoms with Crippen LogP contribution >= 0.6 is 12.4 Å². The predicted molar refractivity (Wildman–Crippen MR) is 114 cm³/mol. The summed E-state index contributed by atoms with van der Waals surface area (Å²) < 4.78 is 5.78. The third-order valence-electron chi connectivity index (χ3n) is 4.07. The van der Waals surface area contributed by atoms with Crippen molar-refractivity contribution in [2.24, 2.45) is 5.73 Å². The lowest BCUT2D eigenvalue weighted by molar-refractivity contribution is -0.122. The van der Waals surface area contributed by atoms with Gasteiger partial charge < -0.3 is 21.1 Å². The molecule has 0 fully saturated rings. The molecule has 0 aromatic heterocycles. The fourth-order valence-electron chi connectivity index (χ4n) is 2.51. The summed E-state index contributed by atoms with van der Waals surface area (Å²) in [6.45, 7) is 6.59. The molecular formula is C21H28ClN3O3. The fourth-order valence-corrected chi connectivity index (χ4v) is 2.51. The second kappa shape index (κ2) is 11.3. The first-order valence-corrected chi connectivity index (χ1v) is 9.07. The smallest absolute Gasteiger partial charge is 0.265 e. The Balaban J connectivity index is 0.00000392. The lowest BCUT2D eigenvalue weighted by Gasteiger charge is -2.17. The molecule has 0 aliphatic rings. The summed E-state index contributed by atoms with van der Waals surface area (Å²) in [4.78, 5) is 24.8. The highest BCUT2D eigenvalue weighted by Crippen LogP contribution is 2.21. The van der Waals surface area contributed by atoms with Crippen LogP contribution in [0.1, 0.15) is 42.6 Å². The van der Waals surface area contributed by atoms with Crippen molar-refractivity contribution in [2.45, 2.75) is 32.8 Å². The zero-order valence-electron chi connectivity index (χ0n) is 16.4. The number of ether oxygens (including phenoxy) is 1. The van der Waals surface area contributed by atoms with E-state index in [1.54, 1.807) is 31.2 Å². The number of rotatable bonds is 8. The van der Waals surface area contributed by atoms with Crippen molar-refractivity contribution in [3.63, 3.8) is 0 Å². The van der Waals surface area contributed by atoms with E-state index in [9.17, 15) is 9.59 Å². The second-order valence-corrected chi connectivity index (χ2v) is 6.57. The molecule has 2 aromatic rings. The lowest BCUT2D eigenvalue weighted by Crippen LogP contribution is -2.33. The largest absolute Gasteiger partial charge is 0.481 e. The molecule has 0 bridgehead atoms. The van der Waals surface area contributed by atoms with Crippen LogP contribution in [0.25, 0.3) is 0 Å². The molecule has 0 heterocycles. The Morgan fingerprint density at radius 2 is 1.79 bits per heavy atom. The standard InChI is InChI=1S/C21H27N3O3.ClH/c1-14(2)16-7-6-8-17(13-16)27-15(3)20(25)24-19-10-5-4-9-18(19)21(26)23-12-11-22;/h4-10,13-15H,11-12,22H2,1-3H3,(H,23,26)(H,24,25);1H. The summed E-state index contributed by atoms with van der Waals surface area (Å²) in [6, 6.07) is 14.5. The van der Waals surface area contributed by atoms with Gasteiger partial charge in [-0.1, -0.05) is 38.1 Å². The minimum atomic E-state index is -0.715. The number of nitrogens with one attached hydrogen (secondary N) is 2. The van der Waals surface area contributed by atoms with Gasteiger partial charge in [0.05, 0.1) is 11.3 Å². The Morgan fingerprint density at radius 3 is 2.46 bits per heavy atom. The van der Waals surface area contributed by atoms with Gasteiger partial charge in [-0.25, -0.2) is 0 Å². The number of amides is 2. The number of hydrogen-bond donors (Lipinski definition) is 3. The summed E-state index contributed by atoms with van der Waals surface area (Å²) in [7, 11) is 0. The summed E-state index contributed by atoms with van der Waals surface area (Å²) in [5.41, 5.74) is 7.37. The molecule has 7 heteroatoms. The fraction of sp³-hybridized carbons (Fsp3) is 0.333. The molecule has 4 N–H and O–H groups in total. The molecule has 0 aliphatic heterocycles. The van der Waals surface area contributed by atoms with Crippen molar-refractivity contribution in [3.05, 3.63) is 59.7 Å². The number of hydrogen-bond acceptors (Lipinski definition) is 4. The lowest BCUT2D eigenvalue weighted by atomic mass is 10.0. The van der Waals surface area contributed by atoms with E-state index in [4.69, 9.17) is 10.5 Å². The SMILES string of the molecule is CC(Oc1cccc(C(C)C)c1)C(=O)Nc1ccccc1C(=O)NCCN.Cl. The van der Waals surface area contributed by atoms with Crippen LogP contribution in [0, 0.1) is 0 Å². The van der Waals surface area contributed by atoms with Crippen LogP contribution in [0.5, 0.6) is 5.75 Å². The number of para-hydroxylation sites is 1. The Kier molecular flexibility index (Phi) is 9.48. The van der Waals surface area contributed by atoms with Gasteiger partial charge >= 0.3 is 0 Å². The van der Waals surface area contributed by atoms with Crippen LogP contribution in [-0.2, 0) is 4.79 Å². The minimum Gasteiger partial charge on any atom is -0.481 e. The van der Waals surface area contributed by atoms with Crippen molar-refractivity contribution in [3.8, 4) is 5.75 Å². The number of nitrogens with two attached hydrogens (primary N) is 1. The van der Waals surface area contributed by atoms with E-state index in [-0.39, 0.29) is 24.2 Å². The molecule has 2 aromatic carbocycles. The van der Waals surface area contributed by atoms with E-state index in [0.717, 1.165) is 5.56 Å². The maximum absolute atomic E-state index is 12.5. The molecule has 0 spiro atoms. The monoisotopic (exact) mass is 405 g/mol. The van der Waals surface area contributed by atoms with E-state index in [2.05, 4.69) is 24.5 Å². The second-order valence-electron chi connectivity index (χ2n) is 6.57. The number of carbonyl (C=O) groups excluding carboxylic acids is 2. The summed E-state index contributed by atoms with van der Waals surface area (Å²) >= 11 is 0. The first-order valence-electron chi connectivity index (χ1n) is 9.07. The van der Waals surface area contributed by atoms with Gasteiger partial charge in [0.2, 0.25) is 0 Å². The van der Waals surface area contributed by atoms with Gasteiger partial charge in [0, 0.05) is 13.1 Å². The molecule has 28 heavy (non-hydrogen) atoms. The third kappa shape index (κ3) is 6.55. The number of anilines is 1. The minimum absolute atomic E-state index is 0. The van der Waals surface area contributed by atoms with Crippen LogP contribution in [0.3, 0.4) is 0 Å². The molecular weight excluding hydrogens is 378 g/mol. The van der Waals surface area contributed by atoms with Gasteiger partial charge in [-0.15, -0.1) is 12.4 Å².